The molecule has 84 valence electrons. The number of hydrogen-bond donors (Lipinski definition) is 1. The lowest BCUT2D eigenvalue weighted by atomic mass is 10.2. The van der Waals surface area contributed by atoms with Crippen molar-refractivity contribution in [3.63, 3.8) is 0 Å². The first-order chi connectivity index (χ1) is 6.68. The second-order valence-corrected chi connectivity index (χ2v) is 5.82. The van der Waals surface area contributed by atoms with Crippen LogP contribution in [0.25, 0.3) is 0 Å². The van der Waals surface area contributed by atoms with Gasteiger partial charge in [-0.1, -0.05) is 6.92 Å². The van der Waals surface area contributed by atoms with Crippen LogP contribution >= 0.6 is 11.8 Å². The number of rotatable bonds is 8. The van der Waals surface area contributed by atoms with Crippen LogP contribution in [0, 0.1) is 5.92 Å². The predicted octanol–water partition coefficient (Wildman–Crippen LogP) is 1.67. The molecule has 1 fully saturated rings. The fourth-order valence-electron chi connectivity index (χ4n) is 1.25. The Labute approximate surface area is 92.8 Å². The Kier molecular flexibility index (Phi) is 5.90. The molecule has 0 saturated heterocycles. The standard InChI is InChI=1S/C11H24N2S/c1-10(8-12-11-4-5-11)9-14-7-6-13(2)3/h10-12H,4-9H2,1-3H3. The van der Waals surface area contributed by atoms with Crippen LogP contribution in [0.15, 0.2) is 0 Å². The van der Waals surface area contributed by atoms with E-state index in [0.717, 1.165) is 12.0 Å². The zero-order valence-corrected chi connectivity index (χ0v) is 10.6. The largest absolute Gasteiger partial charge is 0.314 e. The molecule has 0 radical (unpaired) electrons. The second-order valence-electron chi connectivity index (χ2n) is 4.67. The molecular weight excluding hydrogens is 192 g/mol. The van der Waals surface area contributed by atoms with E-state index in [1.54, 1.807) is 0 Å². The van der Waals surface area contributed by atoms with Gasteiger partial charge in [0.25, 0.3) is 0 Å². The maximum absolute atomic E-state index is 3.58. The van der Waals surface area contributed by atoms with E-state index in [1.165, 1.54) is 37.4 Å². The van der Waals surface area contributed by atoms with Crippen molar-refractivity contribution in [1.82, 2.24) is 10.2 Å². The van der Waals surface area contributed by atoms with E-state index in [-0.39, 0.29) is 0 Å². The molecule has 3 heteroatoms. The van der Waals surface area contributed by atoms with Gasteiger partial charge in [-0.2, -0.15) is 11.8 Å². The average Bonchev–Trinajstić information content (AvgIpc) is 2.92. The minimum absolute atomic E-state index is 0.822. The summed E-state index contributed by atoms with van der Waals surface area (Å²) in [7, 11) is 4.28. The number of hydrogen-bond acceptors (Lipinski definition) is 3. The van der Waals surface area contributed by atoms with Crippen LogP contribution in [0.4, 0.5) is 0 Å². The van der Waals surface area contributed by atoms with E-state index >= 15 is 0 Å². The summed E-state index contributed by atoms with van der Waals surface area (Å²) < 4.78 is 0. The van der Waals surface area contributed by atoms with E-state index in [1.807, 2.05) is 0 Å². The first-order valence-electron chi connectivity index (χ1n) is 5.64. The van der Waals surface area contributed by atoms with E-state index in [9.17, 15) is 0 Å². The normalized spacial score (nSPS) is 18.9. The summed E-state index contributed by atoms with van der Waals surface area (Å²) in [4.78, 5) is 2.25. The molecule has 0 amide bonds. The van der Waals surface area contributed by atoms with Gasteiger partial charge in [-0.15, -0.1) is 0 Å². The number of nitrogens with one attached hydrogen (secondary N) is 1. The van der Waals surface area contributed by atoms with Crippen molar-refractivity contribution in [3.8, 4) is 0 Å². The fraction of sp³-hybridized carbons (Fsp3) is 1.00. The molecule has 0 spiro atoms. The average molecular weight is 216 g/mol. The molecule has 0 aromatic carbocycles. The quantitative estimate of drug-likeness (QED) is 0.621. The van der Waals surface area contributed by atoms with Crippen LogP contribution in [0.3, 0.4) is 0 Å². The Hall–Kier alpha value is 0.270. The number of thioether (sulfide) groups is 1. The van der Waals surface area contributed by atoms with Crippen molar-refractivity contribution >= 4 is 11.8 Å². The van der Waals surface area contributed by atoms with Crippen molar-refractivity contribution in [2.75, 3.05) is 38.7 Å². The molecule has 0 bridgehead atoms. The summed E-state index contributed by atoms with van der Waals surface area (Å²) in [5.41, 5.74) is 0. The van der Waals surface area contributed by atoms with Gasteiger partial charge in [0.05, 0.1) is 0 Å². The molecule has 0 aromatic rings. The summed E-state index contributed by atoms with van der Waals surface area (Å²) >= 11 is 2.08. The van der Waals surface area contributed by atoms with Gasteiger partial charge in [0.15, 0.2) is 0 Å². The van der Waals surface area contributed by atoms with E-state index in [2.05, 4.69) is 43.0 Å². The van der Waals surface area contributed by atoms with Gasteiger partial charge in [0, 0.05) is 18.3 Å². The van der Waals surface area contributed by atoms with Crippen LogP contribution in [0.1, 0.15) is 19.8 Å². The van der Waals surface area contributed by atoms with Crippen molar-refractivity contribution < 1.29 is 0 Å². The predicted molar refractivity (Wildman–Crippen MR) is 66.1 cm³/mol. The summed E-state index contributed by atoms with van der Waals surface area (Å²) in [5.74, 6) is 3.39. The molecule has 0 heterocycles. The van der Waals surface area contributed by atoms with Crippen LogP contribution in [-0.2, 0) is 0 Å². The summed E-state index contributed by atoms with van der Waals surface area (Å²) in [6.07, 6.45) is 2.81. The molecule has 1 aliphatic rings. The molecule has 1 atom stereocenters. The highest BCUT2D eigenvalue weighted by Crippen LogP contribution is 2.19. The Bertz CT molecular complexity index is 146. The Morgan fingerprint density at radius 3 is 2.71 bits per heavy atom. The lowest BCUT2D eigenvalue weighted by Gasteiger charge is -2.13. The van der Waals surface area contributed by atoms with Gasteiger partial charge >= 0.3 is 0 Å². The lowest BCUT2D eigenvalue weighted by molar-refractivity contribution is 0.437. The third-order valence-corrected chi connectivity index (χ3v) is 3.69. The lowest BCUT2D eigenvalue weighted by Crippen LogP contribution is -2.24. The highest BCUT2D eigenvalue weighted by molar-refractivity contribution is 7.99. The second kappa shape index (κ2) is 6.70. The maximum atomic E-state index is 3.58. The minimum Gasteiger partial charge on any atom is -0.314 e. The van der Waals surface area contributed by atoms with Crippen molar-refractivity contribution in [1.29, 1.82) is 0 Å². The van der Waals surface area contributed by atoms with Crippen LogP contribution < -0.4 is 5.32 Å². The molecule has 2 nitrogen and oxygen atoms in total. The van der Waals surface area contributed by atoms with Gasteiger partial charge in [0.2, 0.25) is 0 Å². The molecular formula is C11H24N2S. The van der Waals surface area contributed by atoms with Crippen LogP contribution in [0.2, 0.25) is 0 Å². The molecule has 1 unspecified atom stereocenters. The molecule has 1 saturated carbocycles. The van der Waals surface area contributed by atoms with Gasteiger partial charge in [-0.3, -0.25) is 0 Å². The Morgan fingerprint density at radius 1 is 1.43 bits per heavy atom. The first kappa shape index (κ1) is 12.3. The van der Waals surface area contributed by atoms with Crippen molar-refractivity contribution in [2.24, 2.45) is 5.92 Å². The minimum atomic E-state index is 0.822. The van der Waals surface area contributed by atoms with Crippen molar-refractivity contribution in [2.45, 2.75) is 25.8 Å². The third kappa shape index (κ3) is 6.68. The van der Waals surface area contributed by atoms with Crippen LogP contribution in [-0.4, -0.2) is 49.6 Å². The zero-order chi connectivity index (χ0) is 10.4. The smallest absolute Gasteiger partial charge is 0.00683 e. The third-order valence-electron chi connectivity index (χ3n) is 2.42. The Balaban J connectivity index is 1.83. The first-order valence-corrected chi connectivity index (χ1v) is 6.80. The number of nitrogens with zero attached hydrogens (tertiary/aromatic N) is 1. The molecule has 1 N–H and O–H groups in total. The molecule has 0 aliphatic heterocycles. The molecule has 0 aromatic heterocycles. The van der Waals surface area contributed by atoms with Crippen molar-refractivity contribution in [3.05, 3.63) is 0 Å². The fourth-order valence-corrected chi connectivity index (χ4v) is 2.43. The molecule has 1 rings (SSSR count). The highest BCUT2D eigenvalue weighted by atomic mass is 32.2. The monoisotopic (exact) mass is 216 g/mol. The van der Waals surface area contributed by atoms with E-state index < -0.39 is 0 Å². The SMILES string of the molecule is CC(CNC1CC1)CSCCN(C)C. The van der Waals surface area contributed by atoms with Gasteiger partial charge in [-0.25, -0.2) is 0 Å². The summed E-state index contributed by atoms with van der Waals surface area (Å²) in [5, 5.41) is 3.58. The van der Waals surface area contributed by atoms with E-state index in [4.69, 9.17) is 0 Å². The summed E-state index contributed by atoms with van der Waals surface area (Å²) in [6.45, 7) is 4.76. The maximum Gasteiger partial charge on any atom is 0.00683 e. The molecule has 14 heavy (non-hydrogen) atoms. The van der Waals surface area contributed by atoms with Gasteiger partial charge in [-0.05, 0) is 45.2 Å². The molecule has 1 aliphatic carbocycles. The highest BCUT2D eigenvalue weighted by Gasteiger charge is 2.20. The van der Waals surface area contributed by atoms with E-state index in [0.29, 0.717) is 0 Å². The Morgan fingerprint density at radius 2 is 2.14 bits per heavy atom. The zero-order valence-electron chi connectivity index (χ0n) is 9.75. The topological polar surface area (TPSA) is 15.3 Å². The summed E-state index contributed by atoms with van der Waals surface area (Å²) in [6, 6.07) is 0.865. The van der Waals surface area contributed by atoms with Crippen LogP contribution in [0.5, 0.6) is 0 Å². The van der Waals surface area contributed by atoms with Gasteiger partial charge in [0.1, 0.15) is 0 Å². The van der Waals surface area contributed by atoms with Gasteiger partial charge < -0.3 is 10.2 Å².